The number of nitrogens with zero attached hydrogens (tertiary/aromatic N) is 5. The molecule has 2 aliphatic rings. The van der Waals surface area contributed by atoms with E-state index in [1.165, 1.54) is 11.9 Å². The minimum atomic E-state index is -4.23. The number of thiophene rings is 1. The molecule has 1 spiro atoms. The van der Waals surface area contributed by atoms with Crippen molar-refractivity contribution in [3.8, 4) is 6.07 Å². The molecule has 4 aromatic rings. The van der Waals surface area contributed by atoms with Crippen LogP contribution in [0.1, 0.15) is 35.4 Å². The van der Waals surface area contributed by atoms with E-state index in [1.807, 2.05) is 6.07 Å². The lowest BCUT2D eigenvalue weighted by molar-refractivity contribution is -0.126. The summed E-state index contributed by atoms with van der Waals surface area (Å²) in [6.45, 7) is 4.66. The number of alkyl halides is 3. The standard InChI is InChI=1S/C26H25F3N6S/c27-26(28,29)12-20-11-21-23(31-16-32-24(21)36-20)35-7-4-25(5-8-35)3-6-34(15-25)14-17-1-2-18-10-19(13-30)33-22(18)9-17/h1-2,9-11,16,33H,3-8,12,14-15H2. The molecule has 0 saturated carbocycles. The Morgan fingerprint density at radius 1 is 1.08 bits per heavy atom. The number of nitriles is 1. The molecule has 6 rings (SSSR count). The predicted octanol–water partition coefficient (Wildman–Crippen LogP) is 5.64. The number of rotatable bonds is 4. The predicted molar refractivity (Wildman–Crippen MR) is 134 cm³/mol. The fraction of sp³-hybridized carbons (Fsp3) is 0.423. The number of fused-ring (bicyclic) bond motifs is 2. The van der Waals surface area contributed by atoms with E-state index < -0.39 is 12.6 Å². The van der Waals surface area contributed by atoms with Gasteiger partial charge in [0.25, 0.3) is 0 Å². The highest BCUT2D eigenvalue weighted by molar-refractivity contribution is 7.18. The van der Waals surface area contributed by atoms with Crippen molar-refractivity contribution in [3.05, 3.63) is 52.8 Å². The Bertz CT molecular complexity index is 1460. The summed E-state index contributed by atoms with van der Waals surface area (Å²) in [7, 11) is 0. The number of aromatic nitrogens is 3. The zero-order valence-corrected chi connectivity index (χ0v) is 20.4. The van der Waals surface area contributed by atoms with Crippen molar-refractivity contribution in [2.45, 2.75) is 38.4 Å². The summed E-state index contributed by atoms with van der Waals surface area (Å²) in [6.07, 6.45) is -0.466. The number of anilines is 1. The average Bonchev–Trinajstić information content (AvgIpc) is 3.54. The van der Waals surface area contributed by atoms with Crippen LogP contribution in [0.3, 0.4) is 0 Å². The second-order valence-corrected chi connectivity index (χ2v) is 11.2. The van der Waals surface area contributed by atoms with Gasteiger partial charge in [-0.15, -0.1) is 11.3 Å². The van der Waals surface area contributed by atoms with E-state index in [1.54, 1.807) is 6.07 Å². The monoisotopic (exact) mass is 510 g/mol. The molecular weight excluding hydrogens is 485 g/mol. The Morgan fingerprint density at radius 3 is 2.67 bits per heavy atom. The molecule has 0 bridgehead atoms. The van der Waals surface area contributed by atoms with E-state index in [4.69, 9.17) is 5.26 Å². The zero-order chi connectivity index (χ0) is 24.9. The molecule has 0 amide bonds. The smallest absolute Gasteiger partial charge is 0.356 e. The lowest BCUT2D eigenvalue weighted by Crippen LogP contribution is -2.42. The second kappa shape index (κ2) is 8.75. The number of aromatic amines is 1. The lowest BCUT2D eigenvalue weighted by atomic mass is 9.78. The molecule has 2 fully saturated rings. The summed E-state index contributed by atoms with van der Waals surface area (Å²) < 4.78 is 38.7. The van der Waals surface area contributed by atoms with Gasteiger partial charge in [-0.3, -0.25) is 4.90 Å². The highest BCUT2D eigenvalue weighted by atomic mass is 32.1. The number of piperidine rings is 1. The molecular formula is C26H25F3N6S. The Morgan fingerprint density at radius 2 is 1.89 bits per heavy atom. The van der Waals surface area contributed by atoms with Crippen LogP contribution in [0, 0.1) is 16.7 Å². The molecule has 2 saturated heterocycles. The Hall–Kier alpha value is -3.16. The lowest BCUT2D eigenvalue weighted by Gasteiger charge is -2.40. The zero-order valence-electron chi connectivity index (χ0n) is 19.6. The van der Waals surface area contributed by atoms with Crippen molar-refractivity contribution in [3.63, 3.8) is 0 Å². The van der Waals surface area contributed by atoms with Crippen LogP contribution in [0.4, 0.5) is 19.0 Å². The van der Waals surface area contributed by atoms with Gasteiger partial charge in [0.2, 0.25) is 0 Å². The van der Waals surface area contributed by atoms with Gasteiger partial charge in [0.1, 0.15) is 28.7 Å². The van der Waals surface area contributed by atoms with E-state index in [-0.39, 0.29) is 10.3 Å². The van der Waals surface area contributed by atoms with Gasteiger partial charge in [-0.2, -0.15) is 18.4 Å². The minimum Gasteiger partial charge on any atom is -0.356 e. The van der Waals surface area contributed by atoms with Gasteiger partial charge < -0.3 is 9.88 Å². The second-order valence-electron chi connectivity index (χ2n) is 10.1. The van der Waals surface area contributed by atoms with Crippen LogP contribution in [-0.4, -0.2) is 52.2 Å². The van der Waals surface area contributed by atoms with Crippen molar-refractivity contribution < 1.29 is 13.2 Å². The van der Waals surface area contributed by atoms with Crippen LogP contribution >= 0.6 is 11.3 Å². The molecule has 10 heteroatoms. The topological polar surface area (TPSA) is 71.8 Å². The summed E-state index contributed by atoms with van der Waals surface area (Å²) >= 11 is 1.10. The first-order valence-electron chi connectivity index (χ1n) is 12.1. The van der Waals surface area contributed by atoms with Gasteiger partial charge in [0, 0.05) is 42.0 Å². The van der Waals surface area contributed by atoms with E-state index in [9.17, 15) is 13.2 Å². The first-order valence-corrected chi connectivity index (χ1v) is 12.9. The molecule has 0 unspecified atom stereocenters. The fourth-order valence-electron chi connectivity index (χ4n) is 5.78. The largest absolute Gasteiger partial charge is 0.393 e. The van der Waals surface area contributed by atoms with Crippen molar-refractivity contribution in [2.75, 3.05) is 31.1 Å². The maximum absolute atomic E-state index is 12.9. The Balaban J connectivity index is 1.11. The Labute approximate surface area is 210 Å². The van der Waals surface area contributed by atoms with Gasteiger partial charge in [0.15, 0.2) is 0 Å². The summed E-state index contributed by atoms with van der Waals surface area (Å²) in [6, 6.07) is 12.0. The molecule has 0 aliphatic carbocycles. The van der Waals surface area contributed by atoms with Gasteiger partial charge in [0.05, 0.1) is 11.8 Å². The van der Waals surface area contributed by atoms with Gasteiger partial charge in [-0.05, 0) is 55.0 Å². The molecule has 6 nitrogen and oxygen atoms in total. The number of hydrogen-bond donors (Lipinski definition) is 1. The molecule has 0 atom stereocenters. The average molecular weight is 511 g/mol. The maximum Gasteiger partial charge on any atom is 0.393 e. The molecule has 1 N–H and O–H groups in total. The van der Waals surface area contributed by atoms with Crippen molar-refractivity contribution in [1.82, 2.24) is 19.9 Å². The normalized spacial score (nSPS) is 18.4. The van der Waals surface area contributed by atoms with E-state index in [2.05, 4.69) is 49.0 Å². The minimum absolute atomic E-state index is 0.267. The van der Waals surface area contributed by atoms with Crippen LogP contribution in [-0.2, 0) is 13.0 Å². The highest BCUT2D eigenvalue weighted by Gasteiger charge is 2.41. The van der Waals surface area contributed by atoms with Crippen molar-refractivity contribution >= 4 is 38.3 Å². The van der Waals surface area contributed by atoms with Gasteiger partial charge in [-0.25, -0.2) is 9.97 Å². The third kappa shape index (κ3) is 4.53. The highest BCUT2D eigenvalue weighted by Crippen LogP contribution is 2.43. The van der Waals surface area contributed by atoms with Crippen LogP contribution in [0.5, 0.6) is 0 Å². The summed E-state index contributed by atoms with van der Waals surface area (Å²) in [5.74, 6) is 0.755. The van der Waals surface area contributed by atoms with Crippen LogP contribution in [0.2, 0.25) is 0 Å². The van der Waals surface area contributed by atoms with Crippen LogP contribution in [0.15, 0.2) is 36.7 Å². The SMILES string of the molecule is N#Cc1cc2ccc(CN3CCC4(CCN(c5ncnc6sc(CC(F)(F)F)cc56)CC4)C3)cc2[nH]1. The number of benzene rings is 1. The van der Waals surface area contributed by atoms with Crippen molar-refractivity contribution in [1.29, 1.82) is 5.26 Å². The quantitative estimate of drug-likeness (QED) is 0.385. The van der Waals surface area contributed by atoms with Gasteiger partial charge in [-0.1, -0.05) is 12.1 Å². The molecule has 5 heterocycles. The third-order valence-corrected chi connectivity index (χ3v) is 8.63. The first kappa shape index (κ1) is 23.3. The number of halogens is 3. The first-order chi connectivity index (χ1) is 17.3. The number of H-pyrrole nitrogens is 1. The number of nitrogens with one attached hydrogen (secondary N) is 1. The molecule has 0 radical (unpaired) electrons. The van der Waals surface area contributed by atoms with E-state index in [0.29, 0.717) is 10.5 Å². The molecule has 1 aromatic carbocycles. The third-order valence-electron chi connectivity index (χ3n) is 7.59. The Kier molecular flexibility index (Phi) is 5.65. The van der Waals surface area contributed by atoms with E-state index >= 15 is 0 Å². The summed E-state index contributed by atoms with van der Waals surface area (Å²) in [4.78, 5) is 17.5. The fourth-order valence-corrected chi connectivity index (χ4v) is 6.81. The van der Waals surface area contributed by atoms with Crippen LogP contribution < -0.4 is 4.90 Å². The maximum atomic E-state index is 12.9. The molecule has 2 aliphatic heterocycles. The molecule has 36 heavy (non-hydrogen) atoms. The van der Waals surface area contributed by atoms with Gasteiger partial charge >= 0.3 is 6.18 Å². The van der Waals surface area contributed by atoms with E-state index in [0.717, 1.165) is 85.4 Å². The summed E-state index contributed by atoms with van der Waals surface area (Å²) in [5, 5.41) is 10.9. The molecule has 3 aromatic heterocycles. The number of hydrogen-bond acceptors (Lipinski definition) is 6. The number of likely N-dealkylation sites (tertiary alicyclic amines) is 1. The van der Waals surface area contributed by atoms with Crippen LogP contribution in [0.25, 0.3) is 21.1 Å². The van der Waals surface area contributed by atoms with Crippen molar-refractivity contribution in [2.24, 2.45) is 5.41 Å². The summed E-state index contributed by atoms with van der Waals surface area (Å²) in [5.41, 5.74) is 3.07. The molecule has 186 valence electrons.